The number of amides is 1. The van der Waals surface area contributed by atoms with Gasteiger partial charge in [0, 0.05) is 63.1 Å². The third-order valence-corrected chi connectivity index (χ3v) is 7.43. The zero-order valence-corrected chi connectivity index (χ0v) is 18.6. The zero-order valence-electron chi connectivity index (χ0n) is 18.6. The number of carbonyl (C=O) groups excluding carboxylic acids is 2. The van der Waals surface area contributed by atoms with Crippen molar-refractivity contribution in [2.75, 3.05) is 31.1 Å². The summed E-state index contributed by atoms with van der Waals surface area (Å²) in [7, 11) is 0. The van der Waals surface area contributed by atoms with Gasteiger partial charge in [-0.1, -0.05) is 13.8 Å². The first kappa shape index (κ1) is 21.2. The van der Waals surface area contributed by atoms with Crippen molar-refractivity contribution in [2.45, 2.75) is 83.3 Å². The maximum Gasteiger partial charge on any atom is 0.289 e. The van der Waals surface area contributed by atoms with Crippen molar-refractivity contribution in [1.29, 1.82) is 0 Å². The largest absolute Gasteiger partial charge is 0.336 e. The number of hydrogen-bond donors (Lipinski definition) is 0. The molecule has 0 spiro atoms. The number of nitrogens with zero attached hydrogens (tertiary/aromatic N) is 5. The second kappa shape index (κ2) is 9.00. The first-order valence-electron chi connectivity index (χ1n) is 11.7. The Morgan fingerprint density at radius 3 is 2.17 bits per heavy atom. The first-order chi connectivity index (χ1) is 14.5. The molecule has 1 amide bonds. The third kappa shape index (κ3) is 4.09. The van der Waals surface area contributed by atoms with E-state index in [0.717, 1.165) is 37.4 Å². The Morgan fingerprint density at radius 2 is 1.63 bits per heavy atom. The molecule has 1 aromatic heterocycles. The molecule has 1 aromatic rings. The van der Waals surface area contributed by atoms with Gasteiger partial charge in [-0.3, -0.25) is 14.5 Å². The SMILES string of the molecule is CCC(=O)C(=O)N1CCC(c2cnc(N3C4CCC3CN(C(C)CC)C4)nc2)CC1. The molecular formula is C23H35N5O2. The molecule has 0 aliphatic carbocycles. The van der Waals surface area contributed by atoms with Crippen LogP contribution in [0.15, 0.2) is 12.4 Å². The molecule has 164 valence electrons. The smallest absolute Gasteiger partial charge is 0.289 e. The number of anilines is 1. The average molecular weight is 414 g/mol. The number of rotatable bonds is 6. The van der Waals surface area contributed by atoms with Gasteiger partial charge in [-0.2, -0.15) is 0 Å². The predicted octanol–water partition coefficient (Wildman–Crippen LogP) is 2.61. The van der Waals surface area contributed by atoms with Crippen molar-refractivity contribution in [2.24, 2.45) is 0 Å². The molecule has 0 saturated carbocycles. The van der Waals surface area contributed by atoms with E-state index in [9.17, 15) is 9.59 Å². The van der Waals surface area contributed by atoms with E-state index >= 15 is 0 Å². The van der Waals surface area contributed by atoms with E-state index in [2.05, 4.69) is 23.6 Å². The van der Waals surface area contributed by atoms with Crippen LogP contribution in [0.5, 0.6) is 0 Å². The second-order valence-corrected chi connectivity index (χ2v) is 9.16. The minimum absolute atomic E-state index is 0.279. The Balaban J connectivity index is 1.37. The highest BCUT2D eigenvalue weighted by atomic mass is 16.2. The molecule has 0 aromatic carbocycles. The highest BCUT2D eigenvalue weighted by molar-refractivity contribution is 6.35. The Labute approximate surface area is 179 Å². The van der Waals surface area contributed by atoms with Crippen LogP contribution in [-0.4, -0.2) is 75.8 Å². The standard InChI is InChI=1S/C23H35N5O2/c1-4-16(3)27-14-19-6-7-20(15-27)28(19)23-24-12-18(13-25-23)17-8-10-26(11-9-17)22(30)21(29)5-2/h12-13,16-17,19-20H,4-11,14-15H2,1-3H3. The van der Waals surface area contributed by atoms with Gasteiger partial charge in [-0.15, -0.1) is 0 Å². The number of aromatic nitrogens is 2. The molecule has 3 atom stereocenters. The molecule has 4 rings (SSSR count). The lowest BCUT2D eigenvalue weighted by Gasteiger charge is -2.43. The summed E-state index contributed by atoms with van der Waals surface area (Å²) in [5, 5.41) is 0. The van der Waals surface area contributed by atoms with Gasteiger partial charge >= 0.3 is 0 Å². The quantitative estimate of drug-likeness (QED) is 0.668. The maximum atomic E-state index is 12.1. The summed E-state index contributed by atoms with van der Waals surface area (Å²) in [5.74, 6) is 0.619. The normalized spacial score (nSPS) is 26.1. The van der Waals surface area contributed by atoms with Crippen LogP contribution in [0.2, 0.25) is 0 Å². The van der Waals surface area contributed by atoms with E-state index in [-0.39, 0.29) is 18.1 Å². The molecule has 0 N–H and O–H groups in total. The van der Waals surface area contributed by atoms with Gasteiger partial charge in [0.15, 0.2) is 0 Å². The first-order valence-corrected chi connectivity index (χ1v) is 11.7. The van der Waals surface area contributed by atoms with E-state index in [1.807, 2.05) is 12.4 Å². The number of ketones is 1. The summed E-state index contributed by atoms with van der Waals surface area (Å²) in [6.07, 6.45) is 9.64. The fraction of sp³-hybridized carbons (Fsp3) is 0.739. The number of carbonyl (C=O) groups is 2. The fourth-order valence-electron chi connectivity index (χ4n) is 5.30. The van der Waals surface area contributed by atoms with E-state index < -0.39 is 0 Å². The molecule has 3 aliphatic heterocycles. The van der Waals surface area contributed by atoms with Crippen LogP contribution in [0, 0.1) is 0 Å². The summed E-state index contributed by atoms with van der Waals surface area (Å²) < 4.78 is 0. The number of piperazine rings is 1. The Hall–Kier alpha value is -2.02. The number of Topliss-reactive ketones (excluding diaryl/α,β-unsaturated/α-hetero) is 1. The van der Waals surface area contributed by atoms with Crippen LogP contribution in [-0.2, 0) is 9.59 Å². The van der Waals surface area contributed by atoms with Gasteiger partial charge in [0.2, 0.25) is 11.7 Å². The van der Waals surface area contributed by atoms with E-state index in [4.69, 9.17) is 9.97 Å². The number of likely N-dealkylation sites (tertiary alicyclic amines) is 2. The lowest BCUT2D eigenvalue weighted by Crippen LogP contribution is -2.56. The predicted molar refractivity (Wildman–Crippen MR) is 117 cm³/mol. The van der Waals surface area contributed by atoms with Gasteiger partial charge in [-0.05, 0) is 50.5 Å². The number of fused-ring (bicyclic) bond motifs is 2. The molecule has 30 heavy (non-hydrogen) atoms. The minimum Gasteiger partial charge on any atom is -0.336 e. The van der Waals surface area contributed by atoms with Gasteiger partial charge in [0.25, 0.3) is 5.91 Å². The average Bonchev–Trinajstić information content (AvgIpc) is 3.06. The highest BCUT2D eigenvalue weighted by Crippen LogP contribution is 2.35. The van der Waals surface area contributed by atoms with Gasteiger partial charge < -0.3 is 9.80 Å². The molecule has 4 heterocycles. The van der Waals surface area contributed by atoms with Crippen molar-refractivity contribution >= 4 is 17.6 Å². The van der Waals surface area contributed by atoms with Crippen molar-refractivity contribution in [1.82, 2.24) is 19.8 Å². The second-order valence-electron chi connectivity index (χ2n) is 9.16. The Bertz CT molecular complexity index is 745. The summed E-state index contributed by atoms with van der Waals surface area (Å²) in [6, 6.07) is 1.69. The van der Waals surface area contributed by atoms with Crippen molar-refractivity contribution in [3.63, 3.8) is 0 Å². The molecule has 7 heteroatoms. The Kier molecular flexibility index (Phi) is 6.37. The van der Waals surface area contributed by atoms with Gasteiger partial charge in [0.1, 0.15) is 0 Å². The van der Waals surface area contributed by atoms with Crippen LogP contribution < -0.4 is 4.90 Å². The van der Waals surface area contributed by atoms with Crippen LogP contribution in [0.3, 0.4) is 0 Å². The van der Waals surface area contributed by atoms with Crippen molar-refractivity contribution < 1.29 is 9.59 Å². The molecular weight excluding hydrogens is 378 g/mol. The van der Waals surface area contributed by atoms with Crippen LogP contribution >= 0.6 is 0 Å². The van der Waals surface area contributed by atoms with Crippen molar-refractivity contribution in [3.8, 4) is 0 Å². The van der Waals surface area contributed by atoms with E-state index in [0.29, 0.717) is 37.1 Å². The number of piperidine rings is 1. The monoisotopic (exact) mass is 413 g/mol. The lowest BCUT2D eigenvalue weighted by atomic mass is 9.91. The van der Waals surface area contributed by atoms with Crippen molar-refractivity contribution in [3.05, 3.63) is 18.0 Å². The topological polar surface area (TPSA) is 69.6 Å². The minimum atomic E-state index is -0.324. The molecule has 3 unspecified atom stereocenters. The summed E-state index contributed by atoms with van der Waals surface area (Å²) >= 11 is 0. The summed E-state index contributed by atoms with van der Waals surface area (Å²) in [6.45, 7) is 9.83. The Morgan fingerprint density at radius 1 is 1.03 bits per heavy atom. The number of hydrogen-bond acceptors (Lipinski definition) is 6. The van der Waals surface area contributed by atoms with E-state index in [1.54, 1.807) is 11.8 Å². The van der Waals surface area contributed by atoms with Gasteiger partial charge in [0.05, 0.1) is 0 Å². The van der Waals surface area contributed by atoms with Crippen LogP contribution in [0.25, 0.3) is 0 Å². The van der Waals surface area contributed by atoms with Crippen LogP contribution in [0.4, 0.5) is 5.95 Å². The lowest BCUT2D eigenvalue weighted by molar-refractivity contribution is -0.145. The third-order valence-electron chi connectivity index (χ3n) is 7.43. The van der Waals surface area contributed by atoms with Crippen LogP contribution in [0.1, 0.15) is 70.8 Å². The maximum absolute atomic E-state index is 12.1. The van der Waals surface area contributed by atoms with Gasteiger partial charge in [-0.25, -0.2) is 9.97 Å². The van der Waals surface area contributed by atoms with E-state index in [1.165, 1.54) is 19.3 Å². The molecule has 3 saturated heterocycles. The molecule has 7 nitrogen and oxygen atoms in total. The fourth-order valence-corrected chi connectivity index (χ4v) is 5.30. The molecule has 0 radical (unpaired) electrons. The molecule has 3 aliphatic rings. The summed E-state index contributed by atoms with van der Waals surface area (Å²) in [4.78, 5) is 40.1. The molecule has 3 fully saturated rings. The summed E-state index contributed by atoms with van der Waals surface area (Å²) in [5.41, 5.74) is 1.15. The zero-order chi connectivity index (χ0) is 21.3. The highest BCUT2D eigenvalue weighted by Gasteiger charge is 2.42. The molecule has 2 bridgehead atoms.